The molecule has 1 atom stereocenters. The summed E-state index contributed by atoms with van der Waals surface area (Å²) in [6.45, 7) is 3.08. The van der Waals surface area contributed by atoms with Gasteiger partial charge in [0.2, 0.25) is 0 Å². The monoisotopic (exact) mass is 265 g/mol. The molecular weight excluding hydrogens is 250 g/mol. The van der Waals surface area contributed by atoms with E-state index in [1.807, 2.05) is 18.2 Å². The molecule has 0 spiro atoms. The summed E-state index contributed by atoms with van der Waals surface area (Å²) < 4.78 is 0. The maximum atomic E-state index is 5.95. The van der Waals surface area contributed by atoms with Crippen molar-refractivity contribution in [3.05, 3.63) is 57.2 Å². The SMILES string of the molecule is CC(Cc1ccsc1)NCc1cccc(Cl)c1. The van der Waals surface area contributed by atoms with E-state index in [2.05, 4.69) is 35.1 Å². The molecule has 90 valence electrons. The molecule has 1 N–H and O–H groups in total. The quantitative estimate of drug-likeness (QED) is 0.857. The van der Waals surface area contributed by atoms with Crippen molar-refractivity contribution >= 4 is 22.9 Å². The second-order valence-electron chi connectivity index (χ2n) is 4.25. The number of thiophene rings is 1. The van der Waals surface area contributed by atoms with Gasteiger partial charge >= 0.3 is 0 Å². The van der Waals surface area contributed by atoms with Crippen molar-refractivity contribution in [2.75, 3.05) is 0 Å². The van der Waals surface area contributed by atoms with Crippen molar-refractivity contribution in [1.29, 1.82) is 0 Å². The van der Waals surface area contributed by atoms with E-state index < -0.39 is 0 Å². The van der Waals surface area contributed by atoms with E-state index in [4.69, 9.17) is 11.6 Å². The third kappa shape index (κ3) is 4.15. The fourth-order valence-corrected chi connectivity index (χ4v) is 2.67. The van der Waals surface area contributed by atoms with E-state index in [-0.39, 0.29) is 0 Å². The third-order valence-electron chi connectivity index (χ3n) is 2.67. The Hall–Kier alpha value is -0.830. The van der Waals surface area contributed by atoms with E-state index in [1.54, 1.807) is 11.3 Å². The van der Waals surface area contributed by atoms with E-state index in [1.165, 1.54) is 11.1 Å². The molecule has 1 heterocycles. The largest absolute Gasteiger partial charge is 0.310 e. The highest BCUT2D eigenvalue weighted by atomic mass is 35.5. The number of halogens is 1. The highest BCUT2D eigenvalue weighted by Gasteiger charge is 2.03. The van der Waals surface area contributed by atoms with Gasteiger partial charge in [-0.3, -0.25) is 0 Å². The van der Waals surface area contributed by atoms with Crippen LogP contribution in [0, 0.1) is 0 Å². The smallest absolute Gasteiger partial charge is 0.0409 e. The first-order valence-electron chi connectivity index (χ1n) is 5.73. The predicted octanol–water partition coefficient (Wildman–Crippen LogP) is 4.12. The summed E-state index contributed by atoms with van der Waals surface area (Å²) in [5.74, 6) is 0. The van der Waals surface area contributed by atoms with E-state index in [0.717, 1.165) is 18.0 Å². The van der Waals surface area contributed by atoms with Gasteiger partial charge in [0.15, 0.2) is 0 Å². The van der Waals surface area contributed by atoms with Crippen LogP contribution >= 0.6 is 22.9 Å². The molecule has 1 unspecified atom stereocenters. The van der Waals surface area contributed by atoms with Gasteiger partial charge in [-0.15, -0.1) is 0 Å². The predicted molar refractivity (Wildman–Crippen MR) is 75.8 cm³/mol. The molecule has 0 bridgehead atoms. The average molecular weight is 266 g/mol. The first-order valence-corrected chi connectivity index (χ1v) is 7.05. The number of hydrogen-bond acceptors (Lipinski definition) is 2. The molecule has 1 nitrogen and oxygen atoms in total. The highest BCUT2D eigenvalue weighted by molar-refractivity contribution is 7.07. The zero-order valence-electron chi connectivity index (χ0n) is 9.82. The lowest BCUT2D eigenvalue weighted by Gasteiger charge is -2.13. The number of benzene rings is 1. The maximum absolute atomic E-state index is 5.95. The summed E-state index contributed by atoms with van der Waals surface area (Å²) in [6.07, 6.45) is 1.07. The molecule has 1 aromatic heterocycles. The molecule has 0 aliphatic carbocycles. The molecule has 0 aliphatic rings. The molecule has 1 aromatic carbocycles. The van der Waals surface area contributed by atoms with Crippen LogP contribution in [-0.4, -0.2) is 6.04 Å². The molecule has 0 saturated carbocycles. The Bertz CT molecular complexity index is 453. The minimum atomic E-state index is 0.476. The third-order valence-corrected chi connectivity index (χ3v) is 3.63. The van der Waals surface area contributed by atoms with Crippen molar-refractivity contribution in [2.24, 2.45) is 0 Å². The summed E-state index contributed by atoms with van der Waals surface area (Å²) in [5.41, 5.74) is 2.63. The molecule has 3 heteroatoms. The molecule has 0 radical (unpaired) electrons. The number of nitrogens with one attached hydrogen (secondary N) is 1. The Labute approximate surface area is 111 Å². The highest BCUT2D eigenvalue weighted by Crippen LogP contribution is 2.12. The molecule has 2 aromatic rings. The van der Waals surface area contributed by atoms with Gasteiger partial charge in [-0.1, -0.05) is 23.7 Å². The second-order valence-corrected chi connectivity index (χ2v) is 5.46. The molecule has 0 fully saturated rings. The summed E-state index contributed by atoms with van der Waals surface area (Å²) in [4.78, 5) is 0. The van der Waals surface area contributed by atoms with Gasteiger partial charge in [0.05, 0.1) is 0 Å². The normalized spacial score (nSPS) is 12.6. The van der Waals surface area contributed by atoms with Crippen molar-refractivity contribution in [3.8, 4) is 0 Å². The number of rotatable bonds is 5. The van der Waals surface area contributed by atoms with Crippen LogP contribution in [-0.2, 0) is 13.0 Å². The van der Waals surface area contributed by atoms with Crippen molar-refractivity contribution in [3.63, 3.8) is 0 Å². The first kappa shape index (κ1) is 12.6. The van der Waals surface area contributed by atoms with Gasteiger partial charge in [0.25, 0.3) is 0 Å². The van der Waals surface area contributed by atoms with Crippen LogP contribution < -0.4 is 5.32 Å². The van der Waals surface area contributed by atoms with Crippen LogP contribution in [0.5, 0.6) is 0 Å². The fraction of sp³-hybridized carbons (Fsp3) is 0.286. The Morgan fingerprint density at radius 2 is 2.18 bits per heavy atom. The minimum absolute atomic E-state index is 0.476. The Morgan fingerprint density at radius 3 is 2.88 bits per heavy atom. The van der Waals surface area contributed by atoms with Crippen molar-refractivity contribution < 1.29 is 0 Å². The second kappa shape index (κ2) is 6.20. The molecule has 0 amide bonds. The maximum Gasteiger partial charge on any atom is 0.0409 e. The van der Waals surface area contributed by atoms with Crippen LogP contribution in [0.4, 0.5) is 0 Å². The van der Waals surface area contributed by atoms with Gasteiger partial charge in [-0.2, -0.15) is 11.3 Å². The zero-order chi connectivity index (χ0) is 12.1. The molecule has 2 rings (SSSR count). The van der Waals surface area contributed by atoms with Crippen LogP contribution in [0.1, 0.15) is 18.1 Å². The van der Waals surface area contributed by atoms with Gasteiger partial charge < -0.3 is 5.32 Å². The summed E-state index contributed by atoms with van der Waals surface area (Å²) in [6, 6.07) is 10.6. The Balaban J connectivity index is 1.82. The molecule has 0 saturated heterocycles. The van der Waals surface area contributed by atoms with Crippen LogP contribution in [0.2, 0.25) is 5.02 Å². The van der Waals surface area contributed by atoms with Crippen LogP contribution in [0.3, 0.4) is 0 Å². The number of hydrogen-bond donors (Lipinski definition) is 1. The summed E-state index contributed by atoms with van der Waals surface area (Å²) >= 11 is 7.70. The van der Waals surface area contributed by atoms with Gasteiger partial charge in [0.1, 0.15) is 0 Å². The lowest BCUT2D eigenvalue weighted by molar-refractivity contribution is 0.546. The molecule has 0 aliphatic heterocycles. The minimum Gasteiger partial charge on any atom is -0.310 e. The Morgan fingerprint density at radius 1 is 1.29 bits per heavy atom. The van der Waals surface area contributed by atoms with Gasteiger partial charge in [-0.25, -0.2) is 0 Å². The standard InChI is InChI=1S/C14H16ClNS/c1-11(7-13-5-6-17-10-13)16-9-12-3-2-4-14(15)8-12/h2-6,8,10-11,16H,7,9H2,1H3. The van der Waals surface area contributed by atoms with E-state index >= 15 is 0 Å². The van der Waals surface area contributed by atoms with Gasteiger partial charge in [-0.05, 0) is 53.4 Å². The van der Waals surface area contributed by atoms with Crippen LogP contribution in [0.15, 0.2) is 41.1 Å². The fourth-order valence-electron chi connectivity index (χ4n) is 1.77. The molecular formula is C14H16ClNS. The summed E-state index contributed by atoms with van der Waals surface area (Å²) in [7, 11) is 0. The zero-order valence-corrected chi connectivity index (χ0v) is 11.4. The lowest BCUT2D eigenvalue weighted by atomic mass is 10.1. The molecule has 17 heavy (non-hydrogen) atoms. The Kier molecular flexibility index (Phi) is 4.60. The summed E-state index contributed by atoms with van der Waals surface area (Å²) in [5, 5.41) is 8.64. The van der Waals surface area contributed by atoms with E-state index in [9.17, 15) is 0 Å². The van der Waals surface area contributed by atoms with Crippen LogP contribution in [0.25, 0.3) is 0 Å². The lowest BCUT2D eigenvalue weighted by Crippen LogP contribution is -2.27. The first-order chi connectivity index (χ1) is 8.24. The van der Waals surface area contributed by atoms with E-state index in [0.29, 0.717) is 6.04 Å². The topological polar surface area (TPSA) is 12.0 Å². The van der Waals surface area contributed by atoms with Crippen molar-refractivity contribution in [1.82, 2.24) is 5.32 Å². The van der Waals surface area contributed by atoms with Gasteiger partial charge in [0, 0.05) is 17.6 Å². The average Bonchev–Trinajstić information content (AvgIpc) is 2.79. The van der Waals surface area contributed by atoms with Crippen molar-refractivity contribution in [2.45, 2.75) is 25.9 Å².